The molecule has 6 aromatic heterocycles. The van der Waals surface area contributed by atoms with Crippen molar-refractivity contribution in [2.75, 3.05) is 7.11 Å². The summed E-state index contributed by atoms with van der Waals surface area (Å²) in [6.45, 7) is 0. The largest absolute Gasteiger partial charge is 0.481 e. The molecule has 0 fully saturated rings. The van der Waals surface area contributed by atoms with Gasteiger partial charge in [0, 0.05) is 24.7 Å². The molecular formula is C43H30N6O. The van der Waals surface area contributed by atoms with Gasteiger partial charge in [-0.1, -0.05) is 72.8 Å². The molecule has 0 aliphatic rings. The van der Waals surface area contributed by atoms with Crippen LogP contribution in [0.3, 0.4) is 0 Å². The predicted octanol–water partition coefficient (Wildman–Crippen LogP) is 9.73. The van der Waals surface area contributed by atoms with Crippen LogP contribution in [0.5, 0.6) is 5.88 Å². The van der Waals surface area contributed by atoms with Crippen molar-refractivity contribution in [2.24, 2.45) is 0 Å². The number of pyridine rings is 6. The van der Waals surface area contributed by atoms with Crippen LogP contribution in [0.15, 0.2) is 164 Å². The Morgan fingerprint density at radius 3 is 1.04 bits per heavy atom. The van der Waals surface area contributed by atoms with Crippen LogP contribution in [-0.4, -0.2) is 37.0 Å². The molecule has 0 saturated heterocycles. The molecule has 0 aliphatic heterocycles. The number of methoxy groups -OCH3 is 1. The van der Waals surface area contributed by atoms with E-state index in [2.05, 4.69) is 92.7 Å². The van der Waals surface area contributed by atoms with Crippen LogP contribution in [0.25, 0.3) is 78.9 Å². The van der Waals surface area contributed by atoms with Gasteiger partial charge >= 0.3 is 0 Å². The second-order valence-corrected chi connectivity index (χ2v) is 11.6. The first kappa shape index (κ1) is 30.5. The van der Waals surface area contributed by atoms with E-state index in [1.54, 1.807) is 25.7 Å². The normalized spacial score (nSPS) is 10.9. The minimum atomic E-state index is 0.538. The molecule has 8 rings (SSSR count). The van der Waals surface area contributed by atoms with Crippen molar-refractivity contribution < 1.29 is 4.74 Å². The van der Waals surface area contributed by atoms with Crippen LogP contribution < -0.4 is 4.74 Å². The van der Waals surface area contributed by atoms with Crippen molar-refractivity contribution in [3.05, 3.63) is 164 Å². The number of rotatable bonds is 8. The van der Waals surface area contributed by atoms with Crippen molar-refractivity contribution in [3.63, 3.8) is 0 Å². The maximum Gasteiger partial charge on any atom is 0.213 e. The summed E-state index contributed by atoms with van der Waals surface area (Å²) < 4.78 is 5.38. The summed E-state index contributed by atoms with van der Waals surface area (Å²) >= 11 is 0. The maximum absolute atomic E-state index is 5.38. The van der Waals surface area contributed by atoms with Gasteiger partial charge < -0.3 is 4.74 Å². The van der Waals surface area contributed by atoms with Crippen LogP contribution in [0.1, 0.15) is 0 Å². The monoisotopic (exact) mass is 646 g/mol. The minimum Gasteiger partial charge on any atom is -0.481 e. The smallest absolute Gasteiger partial charge is 0.213 e. The standard InChI is InChI=1S/C43H30N6O/c1-50-43-13-8-12-38(49-43)42-28-34(27-41(48-42)37-11-4-7-24-46-37)32-20-16-30(17-21-32)29-14-18-31(19-15-29)33-25-39(35-9-2-5-22-44-35)47-40(26-33)36-10-3-6-23-45-36/h2-28H,1H3. The molecule has 2 aromatic carbocycles. The van der Waals surface area contributed by atoms with Gasteiger partial charge in [0.1, 0.15) is 0 Å². The third kappa shape index (κ3) is 6.48. The molecule has 238 valence electrons. The van der Waals surface area contributed by atoms with Crippen LogP contribution >= 0.6 is 0 Å². The number of benzene rings is 2. The third-order valence-corrected chi connectivity index (χ3v) is 8.40. The van der Waals surface area contributed by atoms with E-state index in [0.717, 1.165) is 78.9 Å². The Morgan fingerprint density at radius 2 is 0.680 bits per heavy atom. The maximum atomic E-state index is 5.38. The lowest BCUT2D eigenvalue weighted by molar-refractivity contribution is 0.398. The van der Waals surface area contributed by atoms with E-state index in [4.69, 9.17) is 14.7 Å². The molecule has 7 heteroatoms. The molecule has 0 saturated carbocycles. The van der Waals surface area contributed by atoms with Gasteiger partial charge in [0.15, 0.2) is 0 Å². The molecule has 0 aliphatic carbocycles. The van der Waals surface area contributed by atoms with Crippen molar-refractivity contribution in [1.29, 1.82) is 0 Å². The van der Waals surface area contributed by atoms with Crippen LogP contribution in [0.4, 0.5) is 0 Å². The van der Waals surface area contributed by atoms with Gasteiger partial charge in [-0.05, 0) is 100 Å². The summed E-state index contributed by atoms with van der Waals surface area (Å²) in [6, 6.07) is 48.7. The molecule has 0 bridgehead atoms. The Hall–Kier alpha value is -6.86. The summed E-state index contributed by atoms with van der Waals surface area (Å²) in [6.07, 6.45) is 5.35. The molecule has 7 nitrogen and oxygen atoms in total. The summed E-state index contributed by atoms with van der Waals surface area (Å²) in [4.78, 5) is 28.1. The van der Waals surface area contributed by atoms with Crippen LogP contribution in [0, 0.1) is 0 Å². The van der Waals surface area contributed by atoms with Crippen molar-refractivity contribution in [3.8, 4) is 84.8 Å². The fraction of sp³-hybridized carbons (Fsp3) is 0.0233. The average molecular weight is 647 g/mol. The summed E-state index contributed by atoms with van der Waals surface area (Å²) in [5.41, 5.74) is 12.7. The first-order chi connectivity index (χ1) is 24.7. The first-order valence-electron chi connectivity index (χ1n) is 16.2. The van der Waals surface area contributed by atoms with Gasteiger partial charge in [0.05, 0.1) is 52.7 Å². The Labute approximate surface area is 290 Å². The Balaban J connectivity index is 1.11. The summed E-state index contributed by atoms with van der Waals surface area (Å²) in [5, 5.41) is 0. The van der Waals surface area contributed by atoms with Crippen molar-refractivity contribution in [2.45, 2.75) is 0 Å². The van der Waals surface area contributed by atoms with E-state index in [1.807, 2.05) is 72.8 Å². The second-order valence-electron chi connectivity index (χ2n) is 11.6. The van der Waals surface area contributed by atoms with E-state index in [1.165, 1.54) is 0 Å². The molecule has 0 spiro atoms. The number of ether oxygens (including phenoxy) is 1. The quantitative estimate of drug-likeness (QED) is 0.162. The Bertz CT molecular complexity index is 2330. The van der Waals surface area contributed by atoms with E-state index >= 15 is 0 Å². The predicted molar refractivity (Wildman–Crippen MR) is 198 cm³/mol. The fourth-order valence-corrected chi connectivity index (χ4v) is 5.84. The molecule has 0 unspecified atom stereocenters. The van der Waals surface area contributed by atoms with Gasteiger partial charge in [0.2, 0.25) is 5.88 Å². The number of aromatic nitrogens is 6. The summed E-state index contributed by atoms with van der Waals surface area (Å²) in [7, 11) is 1.61. The number of nitrogens with zero attached hydrogens (tertiary/aromatic N) is 6. The Morgan fingerprint density at radius 1 is 0.320 bits per heavy atom. The first-order valence-corrected chi connectivity index (χ1v) is 16.2. The van der Waals surface area contributed by atoms with Gasteiger partial charge in [-0.2, -0.15) is 0 Å². The topological polar surface area (TPSA) is 86.6 Å². The molecule has 50 heavy (non-hydrogen) atoms. The SMILES string of the molecule is COc1cccc(-c2cc(-c3ccc(-c4ccc(-c5cc(-c6ccccn6)nc(-c6ccccn6)c5)cc4)cc3)cc(-c3ccccn3)n2)n1. The zero-order valence-corrected chi connectivity index (χ0v) is 27.2. The third-order valence-electron chi connectivity index (χ3n) is 8.40. The molecule has 6 heterocycles. The van der Waals surface area contributed by atoms with Gasteiger partial charge in [-0.15, -0.1) is 0 Å². The molecule has 0 radical (unpaired) electrons. The zero-order chi connectivity index (χ0) is 33.7. The highest BCUT2D eigenvalue weighted by Gasteiger charge is 2.13. The van der Waals surface area contributed by atoms with Gasteiger partial charge in [-0.3, -0.25) is 15.0 Å². The summed E-state index contributed by atoms with van der Waals surface area (Å²) in [5.74, 6) is 0.538. The average Bonchev–Trinajstić information content (AvgIpc) is 3.21. The highest BCUT2D eigenvalue weighted by molar-refractivity contribution is 5.79. The minimum absolute atomic E-state index is 0.538. The van der Waals surface area contributed by atoms with E-state index in [0.29, 0.717) is 5.88 Å². The molecule has 8 aromatic rings. The molecular weight excluding hydrogens is 617 g/mol. The van der Waals surface area contributed by atoms with Crippen LogP contribution in [0.2, 0.25) is 0 Å². The number of hydrogen-bond acceptors (Lipinski definition) is 7. The van der Waals surface area contributed by atoms with Gasteiger partial charge in [-0.25, -0.2) is 15.0 Å². The second kappa shape index (κ2) is 13.7. The van der Waals surface area contributed by atoms with Gasteiger partial charge in [0.25, 0.3) is 0 Å². The van der Waals surface area contributed by atoms with E-state index in [-0.39, 0.29) is 0 Å². The van der Waals surface area contributed by atoms with E-state index in [9.17, 15) is 0 Å². The molecule has 0 atom stereocenters. The lowest BCUT2D eigenvalue weighted by Gasteiger charge is -2.11. The van der Waals surface area contributed by atoms with Crippen molar-refractivity contribution in [1.82, 2.24) is 29.9 Å². The fourth-order valence-electron chi connectivity index (χ4n) is 5.84. The lowest BCUT2D eigenvalue weighted by atomic mass is 9.97. The van der Waals surface area contributed by atoms with Crippen LogP contribution in [-0.2, 0) is 0 Å². The zero-order valence-electron chi connectivity index (χ0n) is 27.2. The van der Waals surface area contributed by atoms with E-state index < -0.39 is 0 Å². The van der Waals surface area contributed by atoms with Crippen molar-refractivity contribution >= 4 is 0 Å². The highest BCUT2D eigenvalue weighted by atomic mass is 16.5. The lowest BCUT2D eigenvalue weighted by Crippen LogP contribution is -1.95. The molecule has 0 amide bonds. The highest BCUT2D eigenvalue weighted by Crippen LogP contribution is 2.33. The Kier molecular flexibility index (Phi) is 8.35. The molecule has 0 N–H and O–H groups in total. The number of hydrogen-bond donors (Lipinski definition) is 0.